The van der Waals surface area contributed by atoms with Gasteiger partial charge < -0.3 is 15.3 Å². The largest absolute Gasteiger partial charge is 0.416 e. The van der Waals surface area contributed by atoms with Gasteiger partial charge in [-0.25, -0.2) is 4.79 Å². The lowest BCUT2D eigenvalue weighted by atomic mass is 10.1. The number of aliphatic hydroxyl groups excluding tert-OH is 1. The first-order valence-electron chi connectivity index (χ1n) is 5.96. The molecule has 0 aliphatic rings. The van der Waals surface area contributed by atoms with E-state index in [9.17, 15) is 18.0 Å². The summed E-state index contributed by atoms with van der Waals surface area (Å²) in [5.74, 6) is 0. The van der Waals surface area contributed by atoms with Gasteiger partial charge in [-0.3, -0.25) is 0 Å². The number of carbonyl (C=O) groups is 1. The molecule has 0 saturated heterocycles. The average Bonchev–Trinajstić information content (AvgIpc) is 2.33. The molecule has 1 aromatic rings. The summed E-state index contributed by atoms with van der Waals surface area (Å²) in [4.78, 5) is 12.6. The first-order chi connectivity index (χ1) is 9.12. The maximum absolute atomic E-state index is 12.2. The molecule has 0 radical (unpaired) electrons. The van der Waals surface area contributed by atoms with E-state index in [1.165, 1.54) is 7.05 Å². The number of aryl methyl sites for hydroxylation is 1. The predicted molar refractivity (Wildman–Crippen MR) is 69.6 cm³/mol. The number of aliphatic hydroxyl groups is 1. The summed E-state index contributed by atoms with van der Waals surface area (Å²) < 4.78 is 36.6. The summed E-state index contributed by atoms with van der Waals surface area (Å²) in [6.07, 6.45) is -7.30. The van der Waals surface area contributed by atoms with Crippen LogP contribution in [0.3, 0.4) is 0 Å². The summed E-state index contributed by atoms with van der Waals surface area (Å²) in [7, 11) is 1.19. The van der Waals surface area contributed by atoms with Crippen molar-refractivity contribution >= 4 is 11.7 Å². The van der Waals surface area contributed by atoms with Gasteiger partial charge in [-0.05, 0) is 31.0 Å². The molecule has 0 bridgehead atoms. The molecular weight excluding hydrogens is 273 g/mol. The van der Waals surface area contributed by atoms with Crippen LogP contribution in [0.15, 0.2) is 18.2 Å². The van der Waals surface area contributed by atoms with Gasteiger partial charge in [0.1, 0.15) is 0 Å². The van der Waals surface area contributed by atoms with Crippen molar-refractivity contribution in [3.8, 4) is 0 Å². The van der Waals surface area contributed by atoms with Gasteiger partial charge in [-0.15, -0.1) is 0 Å². The van der Waals surface area contributed by atoms with E-state index in [-0.39, 0.29) is 0 Å². The molecule has 7 heteroatoms. The first kappa shape index (κ1) is 16.3. The van der Waals surface area contributed by atoms with Crippen LogP contribution < -0.4 is 5.32 Å². The maximum Gasteiger partial charge on any atom is 0.416 e. The van der Waals surface area contributed by atoms with E-state index >= 15 is 0 Å². The first-order valence-corrected chi connectivity index (χ1v) is 5.96. The number of alkyl halides is 3. The summed E-state index contributed by atoms with van der Waals surface area (Å²) in [6, 6.07) is 4.56. The highest BCUT2D eigenvalue weighted by Gasteiger charge is 2.39. The van der Waals surface area contributed by atoms with Crippen LogP contribution in [0.5, 0.6) is 0 Å². The van der Waals surface area contributed by atoms with Crippen LogP contribution in [0.1, 0.15) is 11.1 Å². The summed E-state index contributed by atoms with van der Waals surface area (Å²) in [5.41, 5.74) is 2.33. The molecule has 1 unspecified atom stereocenters. The summed E-state index contributed by atoms with van der Waals surface area (Å²) >= 11 is 0. The monoisotopic (exact) mass is 290 g/mol. The van der Waals surface area contributed by atoms with Gasteiger partial charge in [0.2, 0.25) is 0 Å². The standard InChI is InChI=1S/C13H17F3N2O2/c1-8-5-4-6-10(9(8)2)17-12(20)18(3)7-11(19)13(14,15)16/h4-6,11,19H,7H2,1-3H3,(H,17,20). The molecule has 1 aromatic carbocycles. The molecule has 0 aliphatic carbocycles. The van der Waals surface area contributed by atoms with Gasteiger partial charge in [0.15, 0.2) is 6.10 Å². The second-order valence-corrected chi connectivity index (χ2v) is 4.62. The zero-order valence-electron chi connectivity index (χ0n) is 11.5. The number of amides is 2. The van der Waals surface area contributed by atoms with Crippen LogP contribution in [0.25, 0.3) is 0 Å². The normalized spacial score (nSPS) is 12.9. The third kappa shape index (κ3) is 4.12. The van der Waals surface area contributed by atoms with Gasteiger partial charge in [-0.1, -0.05) is 12.1 Å². The van der Waals surface area contributed by atoms with E-state index in [2.05, 4.69) is 5.32 Å². The van der Waals surface area contributed by atoms with Crippen molar-refractivity contribution in [1.82, 2.24) is 4.90 Å². The van der Waals surface area contributed by atoms with Gasteiger partial charge in [0, 0.05) is 12.7 Å². The van der Waals surface area contributed by atoms with Crippen molar-refractivity contribution in [3.63, 3.8) is 0 Å². The Morgan fingerprint density at radius 1 is 1.40 bits per heavy atom. The average molecular weight is 290 g/mol. The number of hydrogen-bond donors (Lipinski definition) is 2. The Bertz CT molecular complexity index is 489. The lowest BCUT2D eigenvalue weighted by Gasteiger charge is -2.23. The van der Waals surface area contributed by atoms with Crippen molar-refractivity contribution in [2.45, 2.75) is 26.1 Å². The molecule has 1 rings (SSSR count). The Labute approximate surface area is 115 Å². The fraction of sp³-hybridized carbons (Fsp3) is 0.462. The number of carbonyl (C=O) groups excluding carboxylic acids is 1. The molecule has 2 amide bonds. The predicted octanol–water partition coefficient (Wildman–Crippen LogP) is 2.69. The van der Waals surface area contributed by atoms with Crippen molar-refractivity contribution in [2.24, 2.45) is 0 Å². The second kappa shape index (κ2) is 6.13. The molecular formula is C13H17F3N2O2. The molecule has 0 aromatic heterocycles. The molecule has 20 heavy (non-hydrogen) atoms. The number of nitrogens with one attached hydrogen (secondary N) is 1. The molecule has 0 spiro atoms. The van der Waals surface area contributed by atoms with Gasteiger partial charge >= 0.3 is 12.2 Å². The van der Waals surface area contributed by atoms with Crippen LogP contribution in [0.2, 0.25) is 0 Å². The van der Waals surface area contributed by atoms with Crippen molar-refractivity contribution < 1.29 is 23.1 Å². The third-order valence-corrected chi connectivity index (χ3v) is 3.02. The lowest BCUT2D eigenvalue weighted by molar-refractivity contribution is -0.205. The van der Waals surface area contributed by atoms with Gasteiger partial charge in [0.25, 0.3) is 0 Å². The third-order valence-electron chi connectivity index (χ3n) is 3.02. The Morgan fingerprint density at radius 2 is 2.00 bits per heavy atom. The van der Waals surface area contributed by atoms with E-state index in [0.717, 1.165) is 16.0 Å². The van der Waals surface area contributed by atoms with Crippen LogP contribution >= 0.6 is 0 Å². The molecule has 0 saturated carbocycles. The molecule has 1 atom stereocenters. The maximum atomic E-state index is 12.2. The fourth-order valence-corrected chi connectivity index (χ4v) is 1.54. The minimum absolute atomic E-state index is 0.531. The number of benzene rings is 1. The molecule has 112 valence electrons. The number of halogens is 3. The summed E-state index contributed by atoms with van der Waals surface area (Å²) in [5, 5.41) is 11.4. The Kier molecular flexibility index (Phi) is 4.99. The van der Waals surface area contributed by atoms with Crippen LogP contribution in [0, 0.1) is 13.8 Å². The zero-order chi connectivity index (χ0) is 15.5. The second-order valence-electron chi connectivity index (χ2n) is 4.62. The van der Waals surface area contributed by atoms with Crippen LogP contribution in [-0.4, -0.2) is 41.9 Å². The number of rotatable bonds is 3. The molecule has 2 N–H and O–H groups in total. The Hall–Kier alpha value is -1.76. The van der Waals surface area contributed by atoms with Crippen molar-refractivity contribution in [1.29, 1.82) is 0 Å². The lowest BCUT2D eigenvalue weighted by Crippen LogP contribution is -2.43. The van der Waals surface area contributed by atoms with E-state index in [4.69, 9.17) is 5.11 Å². The number of anilines is 1. The SMILES string of the molecule is Cc1cccc(NC(=O)N(C)CC(O)C(F)(F)F)c1C. The van der Waals surface area contributed by atoms with E-state index in [1.807, 2.05) is 13.0 Å². The van der Waals surface area contributed by atoms with Crippen LogP contribution in [-0.2, 0) is 0 Å². The van der Waals surface area contributed by atoms with Gasteiger partial charge in [-0.2, -0.15) is 13.2 Å². The highest BCUT2D eigenvalue weighted by atomic mass is 19.4. The Morgan fingerprint density at radius 3 is 2.55 bits per heavy atom. The topological polar surface area (TPSA) is 52.6 Å². The van der Waals surface area contributed by atoms with Crippen LogP contribution in [0.4, 0.5) is 23.7 Å². The minimum atomic E-state index is -4.74. The zero-order valence-corrected chi connectivity index (χ0v) is 11.5. The van der Waals surface area contributed by atoms with E-state index in [0.29, 0.717) is 5.69 Å². The highest BCUT2D eigenvalue weighted by molar-refractivity contribution is 5.90. The minimum Gasteiger partial charge on any atom is -0.382 e. The molecule has 0 heterocycles. The Balaban J connectivity index is 2.69. The van der Waals surface area contributed by atoms with Gasteiger partial charge in [0.05, 0.1) is 6.54 Å². The molecule has 0 fully saturated rings. The number of hydrogen-bond acceptors (Lipinski definition) is 2. The van der Waals surface area contributed by atoms with Crippen molar-refractivity contribution in [2.75, 3.05) is 18.9 Å². The number of urea groups is 1. The smallest absolute Gasteiger partial charge is 0.382 e. The molecule has 0 aliphatic heterocycles. The highest BCUT2D eigenvalue weighted by Crippen LogP contribution is 2.21. The molecule has 4 nitrogen and oxygen atoms in total. The van der Waals surface area contributed by atoms with Crippen molar-refractivity contribution in [3.05, 3.63) is 29.3 Å². The number of nitrogens with zero attached hydrogens (tertiary/aromatic N) is 1. The van der Waals surface area contributed by atoms with E-state index in [1.54, 1.807) is 19.1 Å². The summed E-state index contributed by atoms with van der Waals surface area (Å²) in [6.45, 7) is 2.85. The quantitative estimate of drug-likeness (QED) is 0.899. The van der Waals surface area contributed by atoms with E-state index < -0.39 is 24.9 Å². The number of likely N-dealkylation sites (N-methyl/N-ethyl adjacent to an activating group) is 1. The fourth-order valence-electron chi connectivity index (χ4n) is 1.54.